The van der Waals surface area contributed by atoms with E-state index < -0.39 is 0 Å². The van der Waals surface area contributed by atoms with Crippen LogP contribution in [0.4, 0.5) is 0 Å². The second-order valence-corrected chi connectivity index (χ2v) is 9.21. The first-order valence-corrected chi connectivity index (χ1v) is 9.75. The summed E-state index contributed by atoms with van der Waals surface area (Å²) in [5.74, 6) is 4.20. The Kier molecular flexibility index (Phi) is 3.32. The van der Waals surface area contributed by atoms with Gasteiger partial charge in [0.15, 0.2) is 0 Å². The Morgan fingerprint density at radius 3 is 2.57 bits per heavy atom. The maximum absolute atomic E-state index is 2.70. The van der Waals surface area contributed by atoms with E-state index in [-0.39, 0.29) is 0 Å². The van der Waals surface area contributed by atoms with Gasteiger partial charge >= 0.3 is 0 Å². The molecule has 4 aliphatic carbocycles. The molecule has 0 amide bonds. The largest absolute Gasteiger partial charge is 0.0879 e. The van der Waals surface area contributed by atoms with Gasteiger partial charge in [-0.05, 0) is 92.8 Å². The normalized spacial score (nSPS) is 54.9. The summed E-state index contributed by atoms with van der Waals surface area (Å²) < 4.78 is 0. The van der Waals surface area contributed by atoms with Crippen LogP contribution >= 0.6 is 0 Å². The minimum Gasteiger partial charge on any atom is -0.0879 e. The Labute approximate surface area is 131 Å². The third kappa shape index (κ3) is 1.86. The number of allylic oxidation sites excluding steroid dienone is 2. The van der Waals surface area contributed by atoms with Gasteiger partial charge in [0.1, 0.15) is 0 Å². The average Bonchev–Trinajstić information content (AvgIpc) is 2.83. The maximum atomic E-state index is 2.70. The first-order valence-electron chi connectivity index (χ1n) is 9.75. The highest BCUT2D eigenvalue weighted by molar-refractivity contribution is 5.23. The van der Waals surface area contributed by atoms with Crippen LogP contribution in [0.25, 0.3) is 0 Å². The SMILES string of the molecule is CC=C1CC[C@H]2[C@@H]3CC[C@H]4CCCC[C@]4(C)[C@H]3CC[C@]12C. The lowest BCUT2D eigenvalue weighted by Gasteiger charge is -2.60. The van der Waals surface area contributed by atoms with Crippen molar-refractivity contribution in [2.24, 2.45) is 34.5 Å². The summed E-state index contributed by atoms with van der Waals surface area (Å²) in [4.78, 5) is 0. The van der Waals surface area contributed by atoms with E-state index in [0.717, 1.165) is 23.7 Å². The molecule has 4 rings (SSSR count). The monoisotopic (exact) mass is 286 g/mol. The summed E-state index contributed by atoms with van der Waals surface area (Å²) in [6.45, 7) is 7.60. The molecule has 118 valence electrons. The van der Waals surface area contributed by atoms with Crippen LogP contribution in [-0.2, 0) is 0 Å². The molecule has 0 N–H and O–H groups in total. The quantitative estimate of drug-likeness (QED) is 0.454. The predicted octanol–water partition coefficient (Wildman–Crippen LogP) is 6.37. The molecule has 0 aliphatic heterocycles. The molecule has 0 nitrogen and oxygen atoms in total. The van der Waals surface area contributed by atoms with Gasteiger partial charge in [-0.3, -0.25) is 0 Å². The van der Waals surface area contributed by atoms with E-state index in [1.165, 1.54) is 38.5 Å². The first-order chi connectivity index (χ1) is 10.1. The van der Waals surface area contributed by atoms with E-state index in [9.17, 15) is 0 Å². The van der Waals surface area contributed by atoms with Crippen molar-refractivity contribution >= 4 is 0 Å². The van der Waals surface area contributed by atoms with Crippen molar-refractivity contribution in [3.8, 4) is 0 Å². The molecule has 0 saturated heterocycles. The molecule has 0 heteroatoms. The molecule has 0 aromatic rings. The molecule has 4 saturated carbocycles. The zero-order chi connectivity index (χ0) is 14.7. The van der Waals surface area contributed by atoms with Crippen molar-refractivity contribution in [1.29, 1.82) is 0 Å². The second-order valence-electron chi connectivity index (χ2n) is 9.21. The van der Waals surface area contributed by atoms with E-state index in [2.05, 4.69) is 26.8 Å². The van der Waals surface area contributed by atoms with Crippen LogP contribution in [0.1, 0.15) is 85.0 Å². The number of hydrogen-bond acceptors (Lipinski definition) is 0. The molecule has 0 bridgehead atoms. The summed E-state index contributed by atoms with van der Waals surface area (Å²) in [7, 11) is 0. The van der Waals surface area contributed by atoms with Gasteiger partial charge in [0.2, 0.25) is 0 Å². The highest BCUT2D eigenvalue weighted by Crippen LogP contribution is 2.67. The van der Waals surface area contributed by atoms with Gasteiger partial charge in [-0.2, -0.15) is 0 Å². The predicted molar refractivity (Wildman–Crippen MR) is 90.1 cm³/mol. The number of hydrogen-bond donors (Lipinski definition) is 0. The van der Waals surface area contributed by atoms with E-state index in [1.807, 2.05) is 5.57 Å². The van der Waals surface area contributed by atoms with Crippen molar-refractivity contribution in [1.82, 2.24) is 0 Å². The smallest absolute Gasteiger partial charge is 0.00853 e. The van der Waals surface area contributed by atoms with Crippen molar-refractivity contribution < 1.29 is 0 Å². The fourth-order valence-electron chi connectivity index (χ4n) is 7.62. The molecule has 21 heavy (non-hydrogen) atoms. The first kappa shape index (κ1) is 14.3. The number of rotatable bonds is 0. The molecular formula is C21H34. The van der Waals surface area contributed by atoms with Crippen LogP contribution in [-0.4, -0.2) is 0 Å². The second kappa shape index (κ2) is 4.87. The summed E-state index contributed by atoms with van der Waals surface area (Å²) in [6.07, 6.45) is 17.6. The van der Waals surface area contributed by atoms with Gasteiger partial charge in [-0.25, -0.2) is 0 Å². The van der Waals surface area contributed by atoms with Crippen LogP contribution in [0.15, 0.2) is 11.6 Å². The Bertz CT molecular complexity index is 447. The lowest BCUT2D eigenvalue weighted by Crippen LogP contribution is -2.52. The molecule has 0 radical (unpaired) electrons. The highest BCUT2D eigenvalue weighted by atomic mass is 14.6. The highest BCUT2D eigenvalue weighted by Gasteiger charge is 2.58. The van der Waals surface area contributed by atoms with Crippen LogP contribution in [0.5, 0.6) is 0 Å². The van der Waals surface area contributed by atoms with E-state index in [1.54, 1.807) is 25.7 Å². The van der Waals surface area contributed by atoms with Crippen LogP contribution in [0.3, 0.4) is 0 Å². The van der Waals surface area contributed by atoms with Gasteiger partial charge in [0.25, 0.3) is 0 Å². The molecule has 0 spiro atoms. The Morgan fingerprint density at radius 2 is 1.76 bits per heavy atom. The zero-order valence-corrected chi connectivity index (χ0v) is 14.5. The van der Waals surface area contributed by atoms with Crippen molar-refractivity contribution in [2.45, 2.75) is 85.0 Å². The summed E-state index contributed by atoms with van der Waals surface area (Å²) in [5.41, 5.74) is 3.09. The average molecular weight is 287 g/mol. The van der Waals surface area contributed by atoms with Crippen molar-refractivity contribution in [2.75, 3.05) is 0 Å². The fourth-order valence-corrected chi connectivity index (χ4v) is 7.62. The van der Waals surface area contributed by atoms with E-state index >= 15 is 0 Å². The van der Waals surface area contributed by atoms with Gasteiger partial charge < -0.3 is 0 Å². The van der Waals surface area contributed by atoms with E-state index in [0.29, 0.717) is 10.8 Å². The molecule has 6 atom stereocenters. The minimum absolute atomic E-state index is 0.577. The van der Waals surface area contributed by atoms with Gasteiger partial charge in [0.05, 0.1) is 0 Å². The molecule has 0 heterocycles. The Hall–Kier alpha value is -0.260. The Morgan fingerprint density at radius 1 is 0.905 bits per heavy atom. The van der Waals surface area contributed by atoms with Crippen LogP contribution in [0.2, 0.25) is 0 Å². The third-order valence-corrected chi connectivity index (χ3v) is 8.78. The zero-order valence-electron chi connectivity index (χ0n) is 14.5. The van der Waals surface area contributed by atoms with Crippen molar-refractivity contribution in [3.63, 3.8) is 0 Å². The summed E-state index contributed by atoms with van der Waals surface area (Å²) in [6, 6.07) is 0. The minimum atomic E-state index is 0.577. The van der Waals surface area contributed by atoms with Gasteiger partial charge in [0, 0.05) is 0 Å². The molecular weight excluding hydrogens is 252 g/mol. The van der Waals surface area contributed by atoms with Gasteiger partial charge in [-0.15, -0.1) is 0 Å². The van der Waals surface area contributed by atoms with Crippen LogP contribution < -0.4 is 0 Å². The Balaban J connectivity index is 1.66. The molecule has 4 fully saturated rings. The topological polar surface area (TPSA) is 0 Å². The molecule has 4 aliphatic rings. The maximum Gasteiger partial charge on any atom is -0.00853 e. The summed E-state index contributed by atoms with van der Waals surface area (Å²) in [5, 5.41) is 0. The van der Waals surface area contributed by atoms with E-state index in [4.69, 9.17) is 0 Å². The standard InChI is InChI=1S/C21H34/c1-4-15-9-11-18-17-10-8-16-7-5-6-13-20(16,2)19(17)12-14-21(15,18)3/h4,16-19H,5-14H2,1-3H3/t16-,17+,18+,19+,20+,21-/m1/s1. The lowest BCUT2D eigenvalue weighted by atomic mass is 9.45. The van der Waals surface area contributed by atoms with Gasteiger partial charge in [-0.1, -0.05) is 38.3 Å². The lowest BCUT2D eigenvalue weighted by molar-refractivity contribution is -0.0972. The molecule has 0 unspecified atom stereocenters. The molecule has 0 aromatic carbocycles. The molecule has 0 aromatic heterocycles. The third-order valence-electron chi connectivity index (χ3n) is 8.78. The number of fused-ring (bicyclic) bond motifs is 5. The summed E-state index contributed by atoms with van der Waals surface area (Å²) >= 11 is 0. The fraction of sp³-hybridized carbons (Fsp3) is 0.905. The van der Waals surface area contributed by atoms with Crippen molar-refractivity contribution in [3.05, 3.63) is 11.6 Å². The van der Waals surface area contributed by atoms with Crippen LogP contribution in [0, 0.1) is 34.5 Å².